The van der Waals surface area contributed by atoms with Gasteiger partial charge in [-0.1, -0.05) is 0 Å². The molecule has 1 aromatic carbocycles. The third-order valence-corrected chi connectivity index (χ3v) is 5.96. The molecule has 0 aliphatic carbocycles. The molecule has 9 nitrogen and oxygen atoms in total. The van der Waals surface area contributed by atoms with E-state index < -0.39 is 24.6 Å². The van der Waals surface area contributed by atoms with Crippen molar-refractivity contribution < 1.29 is 17.9 Å². The van der Waals surface area contributed by atoms with Gasteiger partial charge < -0.3 is 19.9 Å². The monoisotopic (exact) mass is 420 g/mol. The van der Waals surface area contributed by atoms with Crippen molar-refractivity contribution in [1.82, 2.24) is 20.0 Å². The molecule has 9 heteroatoms. The van der Waals surface area contributed by atoms with E-state index in [2.05, 4.69) is 15.3 Å². The van der Waals surface area contributed by atoms with E-state index in [0.29, 0.717) is 35.8 Å². The first kappa shape index (κ1) is 14.4. The zero-order valence-corrected chi connectivity index (χ0v) is 16.7. The van der Waals surface area contributed by atoms with Crippen LogP contribution in [0.15, 0.2) is 24.5 Å². The van der Waals surface area contributed by atoms with Crippen LogP contribution in [-0.2, 0) is 6.98 Å². The molecular formula is C21H30N6O3. The number of rotatable bonds is 6. The molecule has 0 spiro atoms. The average molecular weight is 421 g/mol. The SMILES string of the molecule is [2H]C([2H])([2H])Oc1cc(N2CCC(CN3CCNCC3)CC2)c(-c2cnn(C([2H])([2H])[2H])c2)cc1[N+](=O)[O-]. The first-order valence-corrected chi connectivity index (χ1v) is 10.2. The van der Waals surface area contributed by atoms with Crippen LogP contribution in [0.25, 0.3) is 11.1 Å². The van der Waals surface area contributed by atoms with E-state index in [9.17, 15) is 10.1 Å². The van der Waals surface area contributed by atoms with Crippen molar-refractivity contribution in [2.45, 2.75) is 12.8 Å². The van der Waals surface area contributed by atoms with Crippen molar-refractivity contribution in [1.29, 1.82) is 0 Å². The molecule has 2 aromatic rings. The quantitative estimate of drug-likeness (QED) is 0.566. The standard InChI is InChI=1S/C21H30N6O3/c1-24-15-17(13-23-24)18-11-20(27(28)29)21(30-2)12-19(18)26-7-3-16(4-8-26)14-25-9-5-22-6-10-25/h11-13,15-16,22H,3-10,14H2,1-2H3/i1D3,2D3. The molecule has 2 aliphatic heterocycles. The highest BCUT2D eigenvalue weighted by Gasteiger charge is 2.27. The number of nitro benzene ring substituents is 1. The normalized spacial score (nSPS) is 22.3. The number of piperazine rings is 1. The van der Waals surface area contributed by atoms with Crippen molar-refractivity contribution in [3.05, 3.63) is 34.6 Å². The molecule has 2 saturated heterocycles. The number of hydrogen-bond donors (Lipinski definition) is 1. The second-order valence-corrected chi connectivity index (χ2v) is 7.85. The number of ether oxygens (including phenoxy) is 1. The summed E-state index contributed by atoms with van der Waals surface area (Å²) in [5.41, 5.74) is 0.814. The van der Waals surface area contributed by atoms with E-state index in [4.69, 9.17) is 13.0 Å². The number of piperidine rings is 1. The molecule has 162 valence electrons. The maximum atomic E-state index is 11.8. The van der Waals surface area contributed by atoms with Gasteiger partial charge in [-0.15, -0.1) is 0 Å². The molecule has 0 atom stereocenters. The summed E-state index contributed by atoms with van der Waals surface area (Å²) in [6.45, 7) is 3.87. The second kappa shape index (κ2) is 9.01. The Morgan fingerprint density at radius 1 is 1.30 bits per heavy atom. The van der Waals surface area contributed by atoms with Crippen molar-refractivity contribution >= 4 is 11.4 Å². The average Bonchev–Trinajstić information content (AvgIpc) is 3.30. The van der Waals surface area contributed by atoms with Crippen LogP contribution < -0.4 is 15.0 Å². The predicted octanol–water partition coefficient (Wildman–Crippen LogP) is 2.13. The summed E-state index contributed by atoms with van der Waals surface area (Å²) in [6, 6.07) is 2.62. The Kier molecular flexibility index (Phi) is 4.32. The Morgan fingerprint density at radius 2 is 2.10 bits per heavy atom. The summed E-state index contributed by atoms with van der Waals surface area (Å²) >= 11 is 0. The molecule has 0 amide bonds. The van der Waals surface area contributed by atoms with Crippen molar-refractivity contribution in [3.8, 4) is 16.9 Å². The molecule has 30 heavy (non-hydrogen) atoms. The number of hydrogen-bond acceptors (Lipinski definition) is 7. The topological polar surface area (TPSA) is 88.7 Å². The molecular weight excluding hydrogens is 384 g/mol. The van der Waals surface area contributed by atoms with Crippen LogP contribution in [0.2, 0.25) is 0 Å². The number of nitrogens with one attached hydrogen (secondary N) is 1. The van der Waals surface area contributed by atoms with E-state index in [1.165, 1.54) is 24.5 Å². The maximum absolute atomic E-state index is 11.8. The van der Waals surface area contributed by atoms with Gasteiger partial charge in [-0.25, -0.2) is 0 Å². The van der Waals surface area contributed by atoms with Crippen molar-refractivity contribution in [3.63, 3.8) is 0 Å². The van der Waals surface area contributed by atoms with E-state index >= 15 is 0 Å². The lowest BCUT2D eigenvalue weighted by atomic mass is 9.94. The zero-order chi connectivity index (χ0) is 26.1. The number of nitrogens with zero attached hydrogens (tertiary/aromatic N) is 5. The van der Waals surface area contributed by atoms with E-state index in [1.807, 2.05) is 4.90 Å². The molecule has 0 bridgehead atoms. The number of aromatic nitrogens is 2. The summed E-state index contributed by atoms with van der Waals surface area (Å²) in [5.74, 6) is 0.155. The van der Waals surface area contributed by atoms with Gasteiger partial charge in [0, 0.05) is 92.0 Å². The van der Waals surface area contributed by atoms with Crippen LogP contribution in [0.4, 0.5) is 11.4 Å². The zero-order valence-electron chi connectivity index (χ0n) is 22.7. The van der Waals surface area contributed by atoms with Crippen LogP contribution in [0.3, 0.4) is 0 Å². The van der Waals surface area contributed by atoms with Gasteiger partial charge in [-0.3, -0.25) is 14.8 Å². The first-order valence-electron chi connectivity index (χ1n) is 13.2. The van der Waals surface area contributed by atoms with Crippen LogP contribution >= 0.6 is 0 Å². The largest absolute Gasteiger partial charge is 0.490 e. The third kappa shape index (κ3) is 4.41. The minimum absolute atomic E-state index is 0.357. The van der Waals surface area contributed by atoms with E-state index in [1.54, 1.807) is 0 Å². The molecule has 1 N–H and O–H groups in total. The molecule has 0 unspecified atom stereocenters. The number of methoxy groups -OCH3 is 1. The van der Waals surface area contributed by atoms with Crippen LogP contribution in [-0.4, -0.2) is 72.5 Å². The van der Waals surface area contributed by atoms with Gasteiger partial charge in [0.1, 0.15) is 0 Å². The van der Waals surface area contributed by atoms with Crippen LogP contribution in [0, 0.1) is 16.0 Å². The highest BCUT2D eigenvalue weighted by Crippen LogP contribution is 2.41. The van der Waals surface area contributed by atoms with Gasteiger partial charge in [0.15, 0.2) is 5.75 Å². The van der Waals surface area contributed by atoms with Crippen molar-refractivity contribution in [2.24, 2.45) is 12.9 Å². The summed E-state index contributed by atoms with van der Waals surface area (Å²) in [7, 11) is -2.87. The Labute approximate surface area is 185 Å². The number of benzene rings is 1. The lowest BCUT2D eigenvalue weighted by Crippen LogP contribution is -2.47. The summed E-state index contributed by atoms with van der Waals surface area (Å²) in [5, 5.41) is 19.1. The molecule has 0 saturated carbocycles. The number of aryl methyl sites for hydroxylation is 1. The summed E-state index contributed by atoms with van der Waals surface area (Å²) < 4.78 is 51.0. The molecule has 2 fully saturated rings. The van der Waals surface area contributed by atoms with E-state index in [0.717, 1.165) is 50.2 Å². The summed E-state index contributed by atoms with van der Waals surface area (Å²) in [4.78, 5) is 15.6. The van der Waals surface area contributed by atoms with Gasteiger partial charge in [0.2, 0.25) is 0 Å². The fourth-order valence-corrected chi connectivity index (χ4v) is 4.35. The van der Waals surface area contributed by atoms with Crippen LogP contribution in [0.5, 0.6) is 5.75 Å². The Morgan fingerprint density at radius 3 is 2.77 bits per heavy atom. The third-order valence-electron chi connectivity index (χ3n) is 5.96. The van der Waals surface area contributed by atoms with Crippen LogP contribution in [0.1, 0.15) is 21.1 Å². The predicted molar refractivity (Wildman–Crippen MR) is 116 cm³/mol. The first-order chi connectivity index (χ1) is 16.9. The second-order valence-electron chi connectivity index (χ2n) is 7.85. The fraction of sp³-hybridized carbons (Fsp3) is 0.571. The van der Waals surface area contributed by atoms with E-state index in [-0.39, 0.29) is 5.75 Å². The lowest BCUT2D eigenvalue weighted by molar-refractivity contribution is -0.385. The van der Waals surface area contributed by atoms with Gasteiger partial charge in [-0.2, -0.15) is 5.10 Å². The molecule has 0 radical (unpaired) electrons. The van der Waals surface area contributed by atoms with Gasteiger partial charge in [0.25, 0.3) is 0 Å². The van der Waals surface area contributed by atoms with Crippen molar-refractivity contribution in [2.75, 3.05) is 57.8 Å². The molecule has 4 rings (SSSR count). The smallest absolute Gasteiger partial charge is 0.311 e. The maximum Gasteiger partial charge on any atom is 0.311 e. The highest BCUT2D eigenvalue weighted by atomic mass is 16.6. The minimum atomic E-state index is -2.87. The fourth-order valence-electron chi connectivity index (χ4n) is 4.35. The van der Waals surface area contributed by atoms with Gasteiger partial charge >= 0.3 is 5.69 Å². The Balaban J connectivity index is 1.66. The highest BCUT2D eigenvalue weighted by molar-refractivity contribution is 5.82. The van der Waals surface area contributed by atoms with Gasteiger partial charge in [0.05, 0.1) is 22.3 Å². The Hall–Kier alpha value is -2.65. The summed E-state index contributed by atoms with van der Waals surface area (Å²) in [6.07, 6.45) is 4.47. The van der Waals surface area contributed by atoms with Gasteiger partial charge in [-0.05, 0) is 18.8 Å². The molecule has 3 heterocycles. The minimum Gasteiger partial charge on any atom is -0.490 e. The molecule has 2 aliphatic rings. The Bertz CT molecular complexity index is 1080. The number of anilines is 1. The number of nitro groups is 1. The lowest BCUT2D eigenvalue weighted by Gasteiger charge is -2.37. The molecule has 1 aromatic heterocycles.